The van der Waals surface area contributed by atoms with Gasteiger partial charge in [-0.3, -0.25) is 0 Å². The molecule has 0 aliphatic heterocycles. The molecule has 16 heavy (non-hydrogen) atoms. The molecule has 0 amide bonds. The second kappa shape index (κ2) is 6.85. The van der Waals surface area contributed by atoms with Gasteiger partial charge in [0, 0.05) is 10.4 Å². The third-order valence-corrected chi connectivity index (χ3v) is 3.11. The summed E-state index contributed by atoms with van der Waals surface area (Å²) in [6, 6.07) is 11.3. The molecule has 1 nitrogen and oxygen atoms in total. The lowest BCUT2D eigenvalue weighted by Crippen LogP contribution is -1.69. The molecule has 0 unspecified atom stereocenters. The van der Waals surface area contributed by atoms with Gasteiger partial charge < -0.3 is 5.11 Å². The molecule has 1 aromatic heterocycles. The molecule has 0 radical (unpaired) electrons. The van der Waals surface area contributed by atoms with Gasteiger partial charge in [0.1, 0.15) is 5.75 Å². The highest BCUT2D eigenvalue weighted by atomic mass is 32.1. The summed E-state index contributed by atoms with van der Waals surface area (Å²) >= 11 is 1.82. The van der Waals surface area contributed by atoms with Crippen molar-refractivity contribution in [2.75, 3.05) is 0 Å². The first-order valence-electron chi connectivity index (χ1n) is 5.20. The van der Waals surface area contributed by atoms with E-state index in [0.29, 0.717) is 0 Å². The van der Waals surface area contributed by atoms with Crippen LogP contribution in [0.25, 0.3) is 6.08 Å². The molecule has 1 aromatic carbocycles. The van der Waals surface area contributed by atoms with Crippen LogP contribution < -0.4 is 0 Å². The molecule has 2 heteroatoms. The molecule has 0 bridgehead atoms. The minimum absolute atomic E-state index is 0.285. The van der Waals surface area contributed by atoms with E-state index in [9.17, 15) is 0 Å². The van der Waals surface area contributed by atoms with Crippen LogP contribution in [0.1, 0.15) is 17.4 Å². The van der Waals surface area contributed by atoms with Gasteiger partial charge in [0.05, 0.1) is 0 Å². The third-order valence-electron chi connectivity index (χ3n) is 2.09. The quantitative estimate of drug-likeness (QED) is 0.816. The number of benzene rings is 1. The summed E-state index contributed by atoms with van der Waals surface area (Å²) in [6.07, 6.45) is 2.80. The molecule has 1 heterocycles. The van der Waals surface area contributed by atoms with Crippen molar-refractivity contribution in [1.82, 2.24) is 0 Å². The molecule has 0 atom stereocenters. The Morgan fingerprint density at radius 1 is 1.25 bits per heavy atom. The number of hydrogen-bond acceptors (Lipinski definition) is 2. The van der Waals surface area contributed by atoms with Gasteiger partial charge in [-0.15, -0.1) is 11.3 Å². The first-order chi connectivity index (χ1) is 7.77. The van der Waals surface area contributed by atoms with E-state index >= 15 is 0 Å². The lowest BCUT2D eigenvalue weighted by atomic mass is 10.2. The molecule has 0 saturated heterocycles. The smallest absolute Gasteiger partial charge is 0.122 e. The van der Waals surface area contributed by atoms with Crippen molar-refractivity contribution in [2.24, 2.45) is 0 Å². The Balaban J connectivity index is 0.000000165. The van der Waals surface area contributed by atoms with Crippen molar-refractivity contribution in [3.63, 3.8) is 0 Å². The Morgan fingerprint density at radius 3 is 2.38 bits per heavy atom. The van der Waals surface area contributed by atoms with Crippen LogP contribution in [0.5, 0.6) is 5.75 Å². The summed E-state index contributed by atoms with van der Waals surface area (Å²) in [4.78, 5) is 1.47. The summed E-state index contributed by atoms with van der Waals surface area (Å²) in [7, 11) is 0. The number of para-hydroxylation sites is 1. The molecule has 0 saturated carbocycles. The topological polar surface area (TPSA) is 20.2 Å². The fraction of sp³-hybridized carbons (Fsp3) is 0.143. The lowest BCUT2D eigenvalue weighted by molar-refractivity contribution is 0.474. The van der Waals surface area contributed by atoms with Gasteiger partial charge in [-0.05, 0) is 23.9 Å². The zero-order chi connectivity index (χ0) is 11.8. The van der Waals surface area contributed by atoms with Gasteiger partial charge in [0.25, 0.3) is 0 Å². The summed E-state index contributed by atoms with van der Waals surface area (Å²) < 4.78 is 0. The van der Waals surface area contributed by atoms with Crippen molar-refractivity contribution < 1.29 is 5.11 Å². The van der Waals surface area contributed by atoms with E-state index in [2.05, 4.69) is 31.0 Å². The molecule has 0 aliphatic carbocycles. The van der Waals surface area contributed by atoms with Crippen molar-refractivity contribution in [1.29, 1.82) is 0 Å². The van der Waals surface area contributed by atoms with Gasteiger partial charge in [-0.2, -0.15) is 0 Å². The minimum Gasteiger partial charge on any atom is -0.507 e. The van der Waals surface area contributed by atoms with E-state index in [1.807, 2.05) is 23.5 Å². The predicted molar refractivity (Wildman–Crippen MR) is 71.9 cm³/mol. The van der Waals surface area contributed by atoms with Crippen molar-refractivity contribution in [3.8, 4) is 5.75 Å². The maximum Gasteiger partial charge on any atom is 0.122 e. The highest BCUT2D eigenvalue weighted by molar-refractivity contribution is 7.09. The van der Waals surface area contributed by atoms with E-state index < -0.39 is 0 Å². The van der Waals surface area contributed by atoms with E-state index in [1.54, 1.807) is 18.2 Å². The number of aromatic hydroxyl groups is 1. The summed E-state index contributed by atoms with van der Waals surface area (Å²) in [5, 5.41) is 11.1. The Morgan fingerprint density at radius 2 is 2.00 bits per heavy atom. The number of thiophene rings is 1. The van der Waals surface area contributed by atoms with Crippen LogP contribution in [0.4, 0.5) is 0 Å². The number of phenolic OH excluding ortho intramolecular Hbond substituents is 1. The lowest BCUT2D eigenvalue weighted by Gasteiger charge is -1.93. The standard InChI is InChI=1S/C8H8O.C6H8S/c1-2-7-5-3-4-6-8(7)9;1-2-6-4-3-5-7-6/h2-6,9H,1H2;3-5H,2H2,1H3. The van der Waals surface area contributed by atoms with Crippen molar-refractivity contribution in [2.45, 2.75) is 13.3 Å². The Labute approximate surface area is 101 Å². The van der Waals surface area contributed by atoms with E-state index in [-0.39, 0.29) is 5.75 Å². The molecule has 0 spiro atoms. The maximum absolute atomic E-state index is 9.04. The number of rotatable bonds is 2. The number of aryl methyl sites for hydroxylation is 1. The fourth-order valence-corrected chi connectivity index (χ4v) is 1.83. The number of phenols is 1. The monoisotopic (exact) mass is 232 g/mol. The summed E-state index contributed by atoms with van der Waals surface area (Å²) in [5.41, 5.74) is 0.775. The van der Waals surface area contributed by atoms with Gasteiger partial charge >= 0.3 is 0 Å². The first kappa shape index (κ1) is 12.5. The SMILES string of the molecule is C=Cc1ccccc1O.CCc1cccs1. The Kier molecular flexibility index (Phi) is 5.37. The first-order valence-corrected chi connectivity index (χ1v) is 6.08. The van der Waals surface area contributed by atoms with Crippen LogP contribution in [0.2, 0.25) is 0 Å². The average Bonchev–Trinajstić information content (AvgIpc) is 2.83. The average molecular weight is 232 g/mol. The van der Waals surface area contributed by atoms with Crippen LogP contribution in [0.3, 0.4) is 0 Å². The molecule has 2 rings (SSSR count). The normalized spacial score (nSPS) is 9.06. The van der Waals surface area contributed by atoms with Crippen molar-refractivity contribution in [3.05, 3.63) is 58.8 Å². The van der Waals surface area contributed by atoms with Crippen LogP contribution >= 0.6 is 11.3 Å². The number of hydrogen-bond donors (Lipinski definition) is 1. The van der Waals surface area contributed by atoms with Gasteiger partial charge in [0.15, 0.2) is 0 Å². The summed E-state index contributed by atoms with van der Waals surface area (Å²) in [6.45, 7) is 5.70. The molecule has 2 aromatic rings. The van der Waals surface area contributed by atoms with E-state index in [1.165, 1.54) is 11.3 Å². The van der Waals surface area contributed by atoms with Crippen LogP contribution in [-0.2, 0) is 6.42 Å². The Bertz CT molecular complexity index is 418. The van der Waals surface area contributed by atoms with Gasteiger partial charge in [0.2, 0.25) is 0 Å². The zero-order valence-electron chi connectivity index (χ0n) is 9.39. The van der Waals surface area contributed by atoms with Gasteiger partial charge in [-0.25, -0.2) is 0 Å². The fourth-order valence-electron chi connectivity index (χ4n) is 1.17. The molecule has 0 fully saturated rings. The van der Waals surface area contributed by atoms with Crippen LogP contribution in [0.15, 0.2) is 48.4 Å². The second-order valence-corrected chi connectivity index (χ2v) is 4.23. The van der Waals surface area contributed by atoms with Gasteiger partial charge in [-0.1, -0.05) is 43.8 Å². The maximum atomic E-state index is 9.04. The third kappa shape index (κ3) is 3.91. The molecular formula is C14H16OS. The molecule has 1 N–H and O–H groups in total. The largest absolute Gasteiger partial charge is 0.507 e. The minimum atomic E-state index is 0.285. The van der Waals surface area contributed by atoms with E-state index in [0.717, 1.165) is 5.56 Å². The highest BCUT2D eigenvalue weighted by Crippen LogP contribution is 2.15. The highest BCUT2D eigenvalue weighted by Gasteiger charge is 1.89. The van der Waals surface area contributed by atoms with E-state index in [4.69, 9.17) is 5.11 Å². The van der Waals surface area contributed by atoms with Crippen LogP contribution in [0, 0.1) is 0 Å². The van der Waals surface area contributed by atoms with Crippen molar-refractivity contribution >= 4 is 17.4 Å². The molecular weight excluding hydrogens is 216 g/mol. The van der Waals surface area contributed by atoms with Crippen LogP contribution in [-0.4, -0.2) is 5.11 Å². The molecule has 84 valence electrons. The second-order valence-electron chi connectivity index (χ2n) is 3.20. The zero-order valence-corrected chi connectivity index (χ0v) is 10.2. The predicted octanol–water partition coefficient (Wildman–Crippen LogP) is 4.35. The summed E-state index contributed by atoms with van der Waals surface area (Å²) in [5.74, 6) is 0.285. The Hall–Kier alpha value is -1.54. The molecule has 0 aliphatic rings.